The summed E-state index contributed by atoms with van der Waals surface area (Å²) in [6, 6.07) is 7.35. The van der Waals surface area contributed by atoms with E-state index in [0.717, 1.165) is 74.3 Å². The molecule has 1 aromatic carbocycles. The third kappa shape index (κ3) is 4.24. The summed E-state index contributed by atoms with van der Waals surface area (Å²) >= 11 is 0. The minimum atomic E-state index is 0.811. The summed E-state index contributed by atoms with van der Waals surface area (Å²) in [5, 5.41) is 0. The van der Waals surface area contributed by atoms with E-state index in [1.54, 1.807) is 0 Å². The Bertz CT molecular complexity index is 1050. The molecule has 1 saturated carbocycles. The molecule has 5 rings (SSSR count). The highest BCUT2D eigenvalue weighted by molar-refractivity contribution is 5.82. The summed E-state index contributed by atoms with van der Waals surface area (Å²) in [4.78, 5) is 21.5. The van der Waals surface area contributed by atoms with Crippen LogP contribution in [-0.4, -0.2) is 82.2 Å². The fourth-order valence-electron chi connectivity index (χ4n) is 4.74. The van der Waals surface area contributed by atoms with Crippen LogP contribution >= 0.6 is 0 Å². The molecule has 0 saturated heterocycles. The lowest BCUT2D eigenvalue weighted by Crippen LogP contribution is -2.41. The fourth-order valence-corrected chi connectivity index (χ4v) is 4.74. The zero-order chi connectivity index (χ0) is 22.1. The molecule has 0 unspecified atom stereocenters. The molecule has 32 heavy (non-hydrogen) atoms. The van der Waals surface area contributed by atoms with Gasteiger partial charge in [0.25, 0.3) is 0 Å². The Labute approximate surface area is 191 Å². The van der Waals surface area contributed by atoms with Gasteiger partial charge in [0.15, 0.2) is 0 Å². The Morgan fingerprint density at radius 1 is 1.03 bits per heavy atom. The summed E-state index contributed by atoms with van der Waals surface area (Å²) in [5.74, 6) is 2.13. The van der Waals surface area contributed by atoms with Crippen molar-refractivity contribution in [3.63, 3.8) is 0 Å². The molecule has 3 aromatic rings. The fraction of sp³-hybridized carbons (Fsp3) is 0.560. The minimum absolute atomic E-state index is 0.811. The van der Waals surface area contributed by atoms with Crippen molar-refractivity contribution in [3.8, 4) is 11.3 Å². The lowest BCUT2D eigenvalue weighted by atomic mass is 9.91. The van der Waals surface area contributed by atoms with Gasteiger partial charge in [-0.2, -0.15) is 0 Å². The molecule has 7 nitrogen and oxygen atoms in total. The van der Waals surface area contributed by atoms with Gasteiger partial charge in [-0.1, -0.05) is 19.4 Å². The van der Waals surface area contributed by atoms with E-state index in [-0.39, 0.29) is 0 Å². The highest BCUT2D eigenvalue weighted by Gasteiger charge is 2.27. The molecule has 0 N–H and O–H groups in total. The molecule has 0 amide bonds. The van der Waals surface area contributed by atoms with Gasteiger partial charge >= 0.3 is 0 Å². The third-order valence-corrected chi connectivity index (χ3v) is 7.33. The summed E-state index contributed by atoms with van der Waals surface area (Å²) in [6.07, 6.45) is 8.94. The minimum Gasteiger partial charge on any atom is -0.357 e. The number of fused-ring (bicyclic) bond motifs is 3. The maximum atomic E-state index is 5.01. The zero-order valence-corrected chi connectivity index (χ0v) is 19.7. The van der Waals surface area contributed by atoms with Gasteiger partial charge in [-0.25, -0.2) is 9.97 Å². The molecule has 0 bridgehead atoms. The molecule has 7 heteroatoms. The van der Waals surface area contributed by atoms with Crippen LogP contribution < -0.4 is 4.90 Å². The molecule has 1 aliphatic carbocycles. The van der Waals surface area contributed by atoms with Gasteiger partial charge in [-0.05, 0) is 38.6 Å². The van der Waals surface area contributed by atoms with Crippen LogP contribution in [0.2, 0.25) is 0 Å². The van der Waals surface area contributed by atoms with Crippen LogP contribution in [-0.2, 0) is 13.0 Å². The van der Waals surface area contributed by atoms with Gasteiger partial charge in [0.05, 0.1) is 29.1 Å². The molecule has 1 fully saturated rings. The van der Waals surface area contributed by atoms with Crippen molar-refractivity contribution >= 4 is 16.9 Å². The maximum Gasteiger partial charge on any atom is 0.146 e. The number of likely N-dealkylation sites (N-methyl/N-ethyl adjacent to an activating group) is 2. The highest BCUT2D eigenvalue weighted by atomic mass is 15.2. The van der Waals surface area contributed by atoms with Crippen molar-refractivity contribution in [2.24, 2.45) is 0 Å². The van der Waals surface area contributed by atoms with Gasteiger partial charge in [0.1, 0.15) is 11.6 Å². The van der Waals surface area contributed by atoms with Crippen molar-refractivity contribution in [1.82, 2.24) is 29.3 Å². The van der Waals surface area contributed by atoms with Crippen LogP contribution in [0.1, 0.15) is 32.0 Å². The second kappa shape index (κ2) is 9.16. The van der Waals surface area contributed by atoms with E-state index in [9.17, 15) is 0 Å². The van der Waals surface area contributed by atoms with E-state index in [0.29, 0.717) is 0 Å². The van der Waals surface area contributed by atoms with Crippen LogP contribution in [0.25, 0.3) is 22.3 Å². The van der Waals surface area contributed by atoms with E-state index < -0.39 is 0 Å². The first-order valence-electron chi connectivity index (χ1n) is 12.1. The summed E-state index contributed by atoms with van der Waals surface area (Å²) < 4.78 is 2.43. The number of hydrogen-bond donors (Lipinski definition) is 0. The second-order valence-corrected chi connectivity index (χ2v) is 9.33. The number of imidazole rings is 1. The molecular formula is C25H35N7. The largest absolute Gasteiger partial charge is 0.357 e. The van der Waals surface area contributed by atoms with Gasteiger partial charge in [-0.3, -0.25) is 9.88 Å². The van der Waals surface area contributed by atoms with Crippen molar-refractivity contribution in [1.29, 1.82) is 0 Å². The lowest BCUT2D eigenvalue weighted by molar-refractivity contribution is 0.130. The lowest BCUT2D eigenvalue weighted by Gasteiger charge is -2.36. The summed E-state index contributed by atoms with van der Waals surface area (Å²) in [7, 11) is 4.21. The van der Waals surface area contributed by atoms with Gasteiger partial charge < -0.3 is 14.4 Å². The van der Waals surface area contributed by atoms with Gasteiger partial charge in [-0.15, -0.1) is 0 Å². The van der Waals surface area contributed by atoms with E-state index in [4.69, 9.17) is 9.97 Å². The van der Waals surface area contributed by atoms with Crippen molar-refractivity contribution in [2.75, 3.05) is 51.7 Å². The Hall–Kier alpha value is -2.51. The zero-order valence-electron chi connectivity index (χ0n) is 19.7. The second-order valence-electron chi connectivity index (χ2n) is 9.33. The first-order chi connectivity index (χ1) is 15.6. The Morgan fingerprint density at radius 3 is 2.62 bits per heavy atom. The van der Waals surface area contributed by atoms with E-state index in [1.807, 2.05) is 12.4 Å². The average molecular weight is 434 g/mol. The Balaban J connectivity index is 1.30. The van der Waals surface area contributed by atoms with Gasteiger partial charge in [0, 0.05) is 57.8 Å². The van der Waals surface area contributed by atoms with Crippen LogP contribution in [0.15, 0.2) is 30.6 Å². The number of benzene rings is 1. The highest BCUT2D eigenvalue weighted by Crippen LogP contribution is 2.28. The molecule has 1 aliphatic heterocycles. The molecule has 0 atom stereocenters. The topological polar surface area (TPSA) is 53.3 Å². The van der Waals surface area contributed by atoms with Crippen LogP contribution in [0, 0.1) is 0 Å². The maximum absolute atomic E-state index is 5.01. The number of rotatable bonds is 7. The van der Waals surface area contributed by atoms with E-state index >= 15 is 0 Å². The number of nitrogens with zero attached hydrogens (tertiary/aromatic N) is 7. The quantitative estimate of drug-likeness (QED) is 0.570. The first-order valence-corrected chi connectivity index (χ1v) is 12.1. The van der Waals surface area contributed by atoms with E-state index in [2.05, 4.69) is 63.5 Å². The molecule has 0 radical (unpaired) electrons. The normalized spacial score (nSPS) is 17.4. The summed E-state index contributed by atoms with van der Waals surface area (Å²) in [6.45, 7) is 8.48. The number of aromatic nitrogens is 4. The first kappa shape index (κ1) is 21.3. The van der Waals surface area contributed by atoms with Crippen LogP contribution in [0.3, 0.4) is 0 Å². The average Bonchev–Trinajstić information content (AvgIpc) is 3.01. The van der Waals surface area contributed by atoms with Crippen LogP contribution in [0.4, 0.5) is 5.82 Å². The van der Waals surface area contributed by atoms with Gasteiger partial charge in [0.2, 0.25) is 0 Å². The SMILES string of the molecule is CCN(C)CCN(C)c1cnc(-c2ccc3c(c2)nc2n3CCN(C3CCC3)CC2)cn1. The Morgan fingerprint density at radius 2 is 1.91 bits per heavy atom. The number of hydrogen-bond acceptors (Lipinski definition) is 6. The molecule has 170 valence electrons. The molecule has 3 heterocycles. The van der Waals surface area contributed by atoms with Crippen molar-refractivity contribution in [3.05, 3.63) is 36.4 Å². The molecule has 0 spiro atoms. The molecular weight excluding hydrogens is 398 g/mol. The van der Waals surface area contributed by atoms with Crippen molar-refractivity contribution < 1.29 is 0 Å². The smallest absolute Gasteiger partial charge is 0.146 e. The van der Waals surface area contributed by atoms with Crippen LogP contribution in [0.5, 0.6) is 0 Å². The molecule has 2 aromatic heterocycles. The van der Waals surface area contributed by atoms with Crippen molar-refractivity contribution in [2.45, 2.75) is 45.2 Å². The summed E-state index contributed by atoms with van der Waals surface area (Å²) in [5.41, 5.74) is 4.28. The monoisotopic (exact) mass is 433 g/mol. The predicted octanol–water partition coefficient (Wildman–Crippen LogP) is 3.29. The third-order valence-electron chi connectivity index (χ3n) is 7.33. The molecule has 2 aliphatic rings. The van der Waals surface area contributed by atoms with E-state index in [1.165, 1.54) is 30.6 Å². The Kier molecular flexibility index (Phi) is 6.11. The standard InChI is InChI=1S/C25H35N7/c1-4-29(2)12-13-30(3)25-18-26-22(17-27-25)19-8-9-23-21(16-19)28-24-10-11-31(14-15-32(23)24)20-6-5-7-20/h8-9,16-18,20H,4-7,10-15H2,1-3H3. The predicted molar refractivity (Wildman–Crippen MR) is 130 cm³/mol. The number of anilines is 1.